The Kier molecular flexibility index (Phi) is 4.08. The van der Waals surface area contributed by atoms with Crippen LogP contribution in [0.25, 0.3) is 0 Å². The first-order chi connectivity index (χ1) is 7.91. The minimum Gasteiger partial charge on any atom is -0.396 e. The second-order valence-electron chi connectivity index (χ2n) is 4.25. The van der Waals surface area contributed by atoms with E-state index < -0.39 is 5.91 Å². The van der Waals surface area contributed by atoms with Gasteiger partial charge in [-0.3, -0.25) is 14.7 Å². The number of primary amides is 1. The van der Waals surface area contributed by atoms with Crippen LogP contribution in [0.3, 0.4) is 0 Å². The topological polar surface area (TPSA) is 118 Å². The lowest BCUT2D eigenvalue weighted by Gasteiger charge is -2.22. The average molecular weight is 239 g/mol. The van der Waals surface area contributed by atoms with Gasteiger partial charge >= 0.3 is 0 Å². The van der Waals surface area contributed by atoms with Crippen LogP contribution in [0.15, 0.2) is 6.20 Å². The van der Waals surface area contributed by atoms with Crippen LogP contribution in [0.4, 0.5) is 5.69 Å². The third kappa shape index (κ3) is 3.47. The number of nitrogens with zero attached hydrogens (tertiary/aromatic N) is 2. The fourth-order valence-corrected chi connectivity index (χ4v) is 1.47. The predicted octanol–water partition coefficient (Wildman–Crippen LogP) is -0.425. The number of hydrogen-bond acceptors (Lipinski definition) is 4. The summed E-state index contributed by atoms with van der Waals surface area (Å²) in [4.78, 5) is 24.3. The Bertz CT molecular complexity index is 413. The van der Waals surface area contributed by atoms with Crippen LogP contribution in [-0.4, -0.2) is 40.0 Å². The van der Waals surface area contributed by atoms with Crippen molar-refractivity contribution in [1.29, 1.82) is 0 Å². The molecule has 0 saturated carbocycles. The Labute approximate surface area is 99.1 Å². The van der Waals surface area contributed by atoms with E-state index in [0.29, 0.717) is 6.54 Å². The minimum atomic E-state index is -0.558. The van der Waals surface area contributed by atoms with Crippen molar-refractivity contribution in [3.8, 4) is 0 Å². The molecule has 0 aromatic carbocycles. The minimum absolute atomic E-state index is 0.129. The number of H-pyrrole nitrogens is 1. The monoisotopic (exact) mass is 239 g/mol. The number of nitrogen functional groups attached to an aromatic ring is 1. The third-order valence-corrected chi connectivity index (χ3v) is 2.10. The molecule has 0 radical (unpaired) electrons. The maximum absolute atomic E-state index is 12.1. The summed E-state index contributed by atoms with van der Waals surface area (Å²) in [6.07, 6.45) is 1.35. The molecule has 0 aliphatic heterocycles. The van der Waals surface area contributed by atoms with Gasteiger partial charge in [-0.15, -0.1) is 0 Å². The Balaban J connectivity index is 2.86. The molecule has 0 aliphatic carbocycles. The fourth-order valence-electron chi connectivity index (χ4n) is 1.47. The predicted molar refractivity (Wildman–Crippen MR) is 62.9 cm³/mol. The first kappa shape index (κ1) is 13.0. The van der Waals surface area contributed by atoms with E-state index in [1.54, 1.807) is 0 Å². The molecule has 1 heterocycles. The lowest BCUT2D eigenvalue weighted by atomic mass is 10.2. The maximum Gasteiger partial charge on any atom is 0.274 e. The van der Waals surface area contributed by atoms with Crippen LogP contribution >= 0.6 is 0 Å². The number of hydrogen-bond donors (Lipinski definition) is 3. The molecule has 7 heteroatoms. The number of anilines is 1. The van der Waals surface area contributed by atoms with Gasteiger partial charge in [-0.2, -0.15) is 5.10 Å². The first-order valence-electron chi connectivity index (χ1n) is 5.28. The van der Waals surface area contributed by atoms with E-state index in [2.05, 4.69) is 10.2 Å². The van der Waals surface area contributed by atoms with Crippen molar-refractivity contribution < 1.29 is 9.59 Å². The smallest absolute Gasteiger partial charge is 0.274 e. The second kappa shape index (κ2) is 5.33. The Morgan fingerprint density at radius 3 is 2.59 bits per heavy atom. The van der Waals surface area contributed by atoms with Gasteiger partial charge < -0.3 is 16.4 Å². The summed E-state index contributed by atoms with van der Waals surface area (Å²) in [5.41, 5.74) is 11.1. The molecule has 1 aromatic heterocycles. The number of aromatic amines is 1. The molecule has 17 heavy (non-hydrogen) atoms. The summed E-state index contributed by atoms with van der Waals surface area (Å²) >= 11 is 0. The van der Waals surface area contributed by atoms with E-state index in [4.69, 9.17) is 11.5 Å². The zero-order chi connectivity index (χ0) is 13.0. The number of carbonyl (C=O) groups excluding carboxylic acids is 2. The highest BCUT2D eigenvalue weighted by Gasteiger charge is 2.21. The van der Waals surface area contributed by atoms with Gasteiger partial charge in [-0.05, 0) is 5.92 Å². The van der Waals surface area contributed by atoms with Crippen LogP contribution in [0.2, 0.25) is 0 Å². The molecule has 0 aliphatic rings. The molecule has 1 rings (SSSR count). The van der Waals surface area contributed by atoms with Crippen molar-refractivity contribution in [3.05, 3.63) is 11.9 Å². The maximum atomic E-state index is 12.1. The summed E-state index contributed by atoms with van der Waals surface area (Å²) in [5.74, 6) is -0.702. The summed E-state index contributed by atoms with van der Waals surface area (Å²) < 4.78 is 0. The quantitative estimate of drug-likeness (QED) is 0.646. The van der Waals surface area contributed by atoms with Crippen LogP contribution in [0, 0.1) is 5.92 Å². The van der Waals surface area contributed by atoms with E-state index in [9.17, 15) is 9.59 Å². The van der Waals surface area contributed by atoms with E-state index in [1.807, 2.05) is 13.8 Å². The van der Waals surface area contributed by atoms with Crippen LogP contribution in [0.5, 0.6) is 0 Å². The summed E-state index contributed by atoms with van der Waals surface area (Å²) in [5, 5.41) is 6.18. The molecule has 7 nitrogen and oxygen atoms in total. The normalized spacial score (nSPS) is 10.5. The SMILES string of the molecule is CC(C)CN(CC(N)=O)C(=O)c1[nH]ncc1N. The van der Waals surface area contributed by atoms with Crippen LogP contribution in [-0.2, 0) is 4.79 Å². The Hall–Kier alpha value is -2.05. The van der Waals surface area contributed by atoms with Gasteiger partial charge in [0.15, 0.2) is 0 Å². The zero-order valence-corrected chi connectivity index (χ0v) is 9.93. The number of nitrogens with two attached hydrogens (primary N) is 2. The molecule has 1 aromatic rings. The third-order valence-electron chi connectivity index (χ3n) is 2.10. The zero-order valence-electron chi connectivity index (χ0n) is 9.93. The van der Waals surface area contributed by atoms with Gasteiger partial charge in [-0.25, -0.2) is 0 Å². The van der Waals surface area contributed by atoms with E-state index in [1.165, 1.54) is 11.1 Å². The number of nitrogens with one attached hydrogen (secondary N) is 1. The van der Waals surface area contributed by atoms with Gasteiger partial charge in [0, 0.05) is 6.54 Å². The fraction of sp³-hybridized carbons (Fsp3) is 0.500. The molecule has 0 spiro atoms. The summed E-state index contributed by atoms with van der Waals surface area (Å²) in [7, 11) is 0. The lowest BCUT2D eigenvalue weighted by molar-refractivity contribution is -0.118. The molecular weight excluding hydrogens is 222 g/mol. The van der Waals surface area contributed by atoms with E-state index in [-0.39, 0.29) is 29.8 Å². The summed E-state index contributed by atoms with van der Waals surface area (Å²) in [6.45, 7) is 4.19. The standard InChI is InChI=1S/C10H17N5O2/c1-6(2)4-15(5-8(12)16)10(17)9-7(11)3-13-14-9/h3,6H,4-5,11H2,1-2H3,(H2,12,16)(H,13,14). The van der Waals surface area contributed by atoms with Gasteiger partial charge in [0.25, 0.3) is 5.91 Å². The Morgan fingerprint density at radius 2 is 2.18 bits per heavy atom. The molecule has 0 bridgehead atoms. The number of rotatable bonds is 5. The first-order valence-corrected chi connectivity index (χ1v) is 5.28. The molecule has 2 amide bonds. The highest BCUT2D eigenvalue weighted by molar-refractivity contribution is 5.98. The van der Waals surface area contributed by atoms with Crippen LogP contribution < -0.4 is 11.5 Å². The van der Waals surface area contributed by atoms with E-state index in [0.717, 1.165) is 0 Å². The van der Waals surface area contributed by atoms with Crippen molar-refractivity contribution in [2.24, 2.45) is 11.7 Å². The van der Waals surface area contributed by atoms with Gasteiger partial charge in [-0.1, -0.05) is 13.8 Å². The van der Waals surface area contributed by atoms with Gasteiger partial charge in [0.05, 0.1) is 18.4 Å². The average Bonchev–Trinajstić information content (AvgIpc) is 2.61. The van der Waals surface area contributed by atoms with Crippen molar-refractivity contribution in [3.63, 3.8) is 0 Å². The Morgan fingerprint density at radius 1 is 1.53 bits per heavy atom. The molecule has 94 valence electrons. The highest BCUT2D eigenvalue weighted by Crippen LogP contribution is 2.11. The second-order valence-corrected chi connectivity index (χ2v) is 4.25. The summed E-state index contributed by atoms with van der Waals surface area (Å²) in [6, 6.07) is 0. The molecule has 5 N–H and O–H groups in total. The number of aromatic nitrogens is 2. The molecular formula is C10H17N5O2. The van der Waals surface area contributed by atoms with Crippen LogP contribution in [0.1, 0.15) is 24.3 Å². The molecule has 0 unspecified atom stereocenters. The highest BCUT2D eigenvalue weighted by atomic mass is 16.2. The number of amides is 2. The number of carbonyl (C=O) groups is 2. The molecule has 0 atom stereocenters. The largest absolute Gasteiger partial charge is 0.396 e. The van der Waals surface area contributed by atoms with Crippen molar-refractivity contribution in [1.82, 2.24) is 15.1 Å². The van der Waals surface area contributed by atoms with Gasteiger partial charge in [0.2, 0.25) is 5.91 Å². The molecule has 0 fully saturated rings. The van der Waals surface area contributed by atoms with Crippen molar-refractivity contribution >= 4 is 17.5 Å². The van der Waals surface area contributed by atoms with Gasteiger partial charge in [0.1, 0.15) is 5.69 Å². The van der Waals surface area contributed by atoms with E-state index >= 15 is 0 Å². The van der Waals surface area contributed by atoms with Crippen molar-refractivity contribution in [2.75, 3.05) is 18.8 Å². The molecule has 0 saturated heterocycles. The van der Waals surface area contributed by atoms with Crippen molar-refractivity contribution in [2.45, 2.75) is 13.8 Å². The lowest BCUT2D eigenvalue weighted by Crippen LogP contribution is -2.41.